The fourth-order valence-corrected chi connectivity index (χ4v) is 1.00. The summed E-state index contributed by atoms with van der Waals surface area (Å²) in [4.78, 5) is 20.3. The van der Waals surface area contributed by atoms with E-state index in [1.807, 2.05) is 6.92 Å². The molecule has 0 aromatic rings. The first-order valence-corrected chi connectivity index (χ1v) is 6.09. The Kier molecular flexibility index (Phi) is 11.3. The van der Waals surface area contributed by atoms with Gasteiger partial charge in [-0.25, -0.2) is 4.79 Å². The second-order valence-corrected chi connectivity index (χ2v) is 3.59. The van der Waals surface area contributed by atoms with Crippen LogP contribution in [0.4, 0.5) is 0 Å². The standard InChI is InChI=1S/C13H22O3/c1-3-5-7-8-9-10-12-15-16-13(14)11-6-4-2/h3-7,10-12H2,1-2H3. The highest BCUT2D eigenvalue weighted by molar-refractivity contribution is 5.68. The van der Waals surface area contributed by atoms with Crippen LogP contribution in [-0.4, -0.2) is 12.6 Å². The van der Waals surface area contributed by atoms with Gasteiger partial charge in [0.25, 0.3) is 0 Å². The summed E-state index contributed by atoms with van der Waals surface area (Å²) in [6, 6.07) is 0. The van der Waals surface area contributed by atoms with E-state index >= 15 is 0 Å². The number of hydrogen-bond donors (Lipinski definition) is 0. The summed E-state index contributed by atoms with van der Waals surface area (Å²) >= 11 is 0. The molecular formula is C13H22O3. The molecule has 0 fully saturated rings. The van der Waals surface area contributed by atoms with Crippen molar-refractivity contribution in [3.63, 3.8) is 0 Å². The summed E-state index contributed by atoms with van der Waals surface area (Å²) in [6.45, 7) is 4.53. The van der Waals surface area contributed by atoms with Crippen LogP contribution >= 0.6 is 0 Å². The summed E-state index contributed by atoms with van der Waals surface area (Å²) in [5.41, 5.74) is 0. The van der Waals surface area contributed by atoms with Crippen LogP contribution in [0.15, 0.2) is 0 Å². The van der Waals surface area contributed by atoms with Gasteiger partial charge in [0.2, 0.25) is 0 Å². The van der Waals surface area contributed by atoms with Gasteiger partial charge in [-0.15, -0.1) is 11.8 Å². The van der Waals surface area contributed by atoms with E-state index in [0.717, 1.165) is 25.7 Å². The molecule has 0 aliphatic carbocycles. The van der Waals surface area contributed by atoms with Crippen molar-refractivity contribution in [2.24, 2.45) is 0 Å². The molecule has 0 amide bonds. The van der Waals surface area contributed by atoms with Crippen LogP contribution < -0.4 is 0 Å². The van der Waals surface area contributed by atoms with E-state index in [2.05, 4.69) is 23.7 Å². The highest BCUT2D eigenvalue weighted by atomic mass is 17.2. The number of unbranched alkanes of at least 4 members (excludes halogenated alkanes) is 3. The molecule has 0 heterocycles. The second-order valence-electron chi connectivity index (χ2n) is 3.59. The molecule has 0 aliphatic heterocycles. The number of hydrogen-bond acceptors (Lipinski definition) is 3. The lowest BCUT2D eigenvalue weighted by atomic mass is 10.2. The van der Waals surface area contributed by atoms with Gasteiger partial charge in [0.15, 0.2) is 0 Å². The van der Waals surface area contributed by atoms with Crippen LogP contribution in [0.5, 0.6) is 0 Å². The van der Waals surface area contributed by atoms with E-state index in [0.29, 0.717) is 19.4 Å². The zero-order chi connectivity index (χ0) is 12.1. The minimum atomic E-state index is -0.291. The first-order valence-electron chi connectivity index (χ1n) is 6.09. The third-order valence-electron chi connectivity index (χ3n) is 1.98. The Morgan fingerprint density at radius 2 is 1.75 bits per heavy atom. The van der Waals surface area contributed by atoms with Gasteiger partial charge in [0.05, 0.1) is 0 Å². The first kappa shape index (κ1) is 15.0. The van der Waals surface area contributed by atoms with Crippen molar-refractivity contribution in [2.75, 3.05) is 6.61 Å². The third kappa shape index (κ3) is 11.1. The van der Waals surface area contributed by atoms with Crippen LogP contribution in [0.1, 0.15) is 58.8 Å². The maximum atomic E-state index is 11.0. The maximum Gasteiger partial charge on any atom is 0.342 e. The van der Waals surface area contributed by atoms with Crippen molar-refractivity contribution < 1.29 is 14.6 Å². The van der Waals surface area contributed by atoms with Crippen molar-refractivity contribution in [2.45, 2.75) is 58.8 Å². The Morgan fingerprint density at radius 1 is 1.06 bits per heavy atom. The molecule has 0 saturated carbocycles. The summed E-state index contributed by atoms with van der Waals surface area (Å²) in [5.74, 6) is 5.72. The van der Waals surface area contributed by atoms with Gasteiger partial charge in [-0.05, 0) is 12.8 Å². The van der Waals surface area contributed by atoms with Gasteiger partial charge in [-0.1, -0.05) is 26.7 Å². The van der Waals surface area contributed by atoms with E-state index in [1.165, 1.54) is 6.42 Å². The normalized spacial score (nSPS) is 9.38. The monoisotopic (exact) mass is 226 g/mol. The quantitative estimate of drug-likeness (QED) is 0.276. The summed E-state index contributed by atoms with van der Waals surface area (Å²) in [5, 5.41) is 0. The van der Waals surface area contributed by atoms with E-state index in [1.54, 1.807) is 0 Å². The molecule has 3 nitrogen and oxygen atoms in total. The van der Waals surface area contributed by atoms with E-state index in [9.17, 15) is 4.79 Å². The summed E-state index contributed by atoms with van der Waals surface area (Å²) in [7, 11) is 0. The highest BCUT2D eigenvalue weighted by Crippen LogP contribution is 1.97. The Hall–Kier alpha value is -1.01. The van der Waals surface area contributed by atoms with Crippen molar-refractivity contribution in [1.29, 1.82) is 0 Å². The third-order valence-corrected chi connectivity index (χ3v) is 1.98. The lowest BCUT2D eigenvalue weighted by Gasteiger charge is -2.00. The largest absolute Gasteiger partial charge is 0.342 e. The van der Waals surface area contributed by atoms with Gasteiger partial charge in [-0.3, -0.25) is 4.89 Å². The number of carbonyl (C=O) groups excluding carboxylic acids is 1. The fourth-order valence-electron chi connectivity index (χ4n) is 1.00. The average Bonchev–Trinajstić information content (AvgIpc) is 2.30. The molecule has 0 aromatic carbocycles. The minimum absolute atomic E-state index is 0.291. The smallest absolute Gasteiger partial charge is 0.298 e. The zero-order valence-corrected chi connectivity index (χ0v) is 10.4. The molecule has 0 N–H and O–H groups in total. The Bertz CT molecular complexity index is 225. The predicted molar refractivity (Wildman–Crippen MR) is 63.5 cm³/mol. The van der Waals surface area contributed by atoms with Crippen molar-refractivity contribution in [3.8, 4) is 11.8 Å². The molecule has 0 saturated heterocycles. The fraction of sp³-hybridized carbons (Fsp3) is 0.769. The molecule has 0 unspecified atom stereocenters. The van der Waals surface area contributed by atoms with Crippen LogP contribution in [-0.2, 0) is 14.6 Å². The Balaban J connectivity index is 3.24. The first-order chi connectivity index (χ1) is 7.81. The molecule has 0 spiro atoms. The minimum Gasteiger partial charge on any atom is -0.298 e. The molecular weight excluding hydrogens is 204 g/mol. The summed E-state index contributed by atoms with van der Waals surface area (Å²) < 4.78 is 0. The number of carbonyl (C=O) groups is 1. The van der Waals surface area contributed by atoms with Gasteiger partial charge >= 0.3 is 5.97 Å². The number of rotatable bonds is 8. The molecule has 0 bridgehead atoms. The van der Waals surface area contributed by atoms with Crippen molar-refractivity contribution >= 4 is 5.97 Å². The molecule has 16 heavy (non-hydrogen) atoms. The summed E-state index contributed by atoms with van der Waals surface area (Å²) in [6.07, 6.45) is 6.12. The van der Waals surface area contributed by atoms with Gasteiger partial charge in [-0.2, -0.15) is 4.89 Å². The molecule has 0 aromatic heterocycles. The van der Waals surface area contributed by atoms with Crippen LogP contribution in [0.2, 0.25) is 0 Å². The Morgan fingerprint density at radius 3 is 2.44 bits per heavy atom. The molecule has 92 valence electrons. The predicted octanol–water partition coefficient (Wildman–Crippen LogP) is 3.24. The molecule has 0 radical (unpaired) electrons. The topological polar surface area (TPSA) is 35.5 Å². The average molecular weight is 226 g/mol. The highest BCUT2D eigenvalue weighted by Gasteiger charge is 2.01. The van der Waals surface area contributed by atoms with Gasteiger partial charge < -0.3 is 0 Å². The van der Waals surface area contributed by atoms with Crippen LogP contribution in [0.3, 0.4) is 0 Å². The lowest BCUT2D eigenvalue weighted by molar-refractivity contribution is -0.271. The van der Waals surface area contributed by atoms with Crippen LogP contribution in [0.25, 0.3) is 0 Å². The zero-order valence-electron chi connectivity index (χ0n) is 10.4. The maximum absolute atomic E-state index is 11.0. The van der Waals surface area contributed by atoms with Gasteiger partial charge in [0.1, 0.15) is 6.61 Å². The van der Waals surface area contributed by atoms with E-state index in [4.69, 9.17) is 4.89 Å². The molecule has 0 rings (SSSR count). The molecule has 0 aliphatic rings. The van der Waals surface area contributed by atoms with Crippen molar-refractivity contribution in [3.05, 3.63) is 0 Å². The van der Waals surface area contributed by atoms with Crippen molar-refractivity contribution in [1.82, 2.24) is 0 Å². The second kappa shape index (κ2) is 12.1. The van der Waals surface area contributed by atoms with Crippen LogP contribution in [0, 0.1) is 11.8 Å². The Labute approximate surface area is 98.4 Å². The van der Waals surface area contributed by atoms with Gasteiger partial charge in [0, 0.05) is 19.3 Å². The SMILES string of the molecule is CCCCC#CCCOOC(=O)CCCC. The molecule has 0 atom stereocenters. The lowest BCUT2D eigenvalue weighted by Crippen LogP contribution is -2.05. The van der Waals surface area contributed by atoms with E-state index < -0.39 is 0 Å². The van der Waals surface area contributed by atoms with E-state index in [-0.39, 0.29) is 5.97 Å². The molecule has 3 heteroatoms.